The number of aromatic nitrogens is 2. The second-order valence-corrected chi connectivity index (χ2v) is 6.69. The summed E-state index contributed by atoms with van der Waals surface area (Å²) in [6.45, 7) is 0. The monoisotopic (exact) mass is 383 g/mol. The molecular formula is C20H18ClN3O3. The number of hydrogen-bond donors (Lipinski definition) is 1. The molecular weight excluding hydrogens is 366 g/mol. The van der Waals surface area contributed by atoms with Crippen LogP contribution in [0, 0.1) is 0 Å². The molecule has 0 fully saturated rings. The predicted octanol–water partition coefficient (Wildman–Crippen LogP) is 4.02. The molecule has 1 aromatic heterocycles. The van der Waals surface area contributed by atoms with Crippen molar-refractivity contribution in [3.63, 3.8) is 0 Å². The largest absolute Gasteiger partial charge is 0.497 e. The number of anilines is 1. The lowest BCUT2D eigenvalue weighted by Gasteiger charge is -2.25. The number of nitrogens with one attached hydrogen (secondary N) is 1. The van der Waals surface area contributed by atoms with Gasteiger partial charge >= 0.3 is 0 Å². The Morgan fingerprint density at radius 3 is 2.59 bits per heavy atom. The number of fused-ring (bicyclic) bond motifs is 1. The van der Waals surface area contributed by atoms with Crippen molar-refractivity contribution in [1.82, 2.24) is 9.78 Å². The van der Waals surface area contributed by atoms with E-state index in [1.807, 2.05) is 30.3 Å². The number of hydrogen-bond acceptors (Lipinski definition) is 4. The summed E-state index contributed by atoms with van der Waals surface area (Å²) >= 11 is 5.98. The van der Waals surface area contributed by atoms with Gasteiger partial charge in [-0.05, 0) is 42.5 Å². The van der Waals surface area contributed by atoms with Crippen LogP contribution in [0.15, 0.2) is 48.7 Å². The second kappa shape index (κ2) is 6.96. The van der Waals surface area contributed by atoms with Gasteiger partial charge < -0.3 is 14.8 Å². The molecule has 1 amide bonds. The first-order chi connectivity index (χ1) is 13.1. The standard InChI is InChI=1S/C20H18ClN3O3/c1-26-14-7-8-18(27-2)16(9-14)15-10-19(25)23-20-17(15)11-22-24(20)13-5-3-12(21)4-6-13/h3-9,11,15H,10H2,1-2H3,(H,23,25)/t15-/m1/s1. The van der Waals surface area contributed by atoms with E-state index in [1.54, 1.807) is 37.2 Å². The zero-order valence-electron chi connectivity index (χ0n) is 14.9. The fraction of sp³-hybridized carbons (Fsp3) is 0.200. The number of halogens is 1. The van der Waals surface area contributed by atoms with E-state index in [0.29, 0.717) is 28.8 Å². The van der Waals surface area contributed by atoms with Gasteiger partial charge in [0.2, 0.25) is 5.91 Å². The number of rotatable bonds is 4. The van der Waals surface area contributed by atoms with Gasteiger partial charge in [0.25, 0.3) is 0 Å². The van der Waals surface area contributed by atoms with Crippen molar-refractivity contribution in [2.75, 3.05) is 19.5 Å². The van der Waals surface area contributed by atoms with E-state index in [-0.39, 0.29) is 11.8 Å². The fourth-order valence-electron chi connectivity index (χ4n) is 3.39. The van der Waals surface area contributed by atoms with Crippen LogP contribution < -0.4 is 14.8 Å². The maximum Gasteiger partial charge on any atom is 0.226 e. The van der Waals surface area contributed by atoms with Crippen LogP contribution in [0.3, 0.4) is 0 Å². The van der Waals surface area contributed by atoms with Crippen LogP contribution >= 0.6 is 11.6 Å². The van der Waals surface area contributed by atoms with E-state index in [9.17, 15) is 4.79 Å². The molecule has 0 saturated heterocycles. The summed E-state index contributed by atoms with van der Waals surface area (Å²) in [7, 11) is 3.23. The van der Waals surface area contributed by atoms with Gasteiger partial charge in [-0.3, -0.25) is 4.79 Å². The maximum atomic E-state index is 12.5. The Morgan fingerprint density at radius 2 is 1.89 bits per heavy atom. The van der Waals surface area contributed by atoms with E-state index >= 15 is 0 Å². The molecule has 2 heterocycles. The molecule has 1 atom stereocenters. The molecule has 7 heteroatoms. The Morgan fingerprint density at radius 1 is 1.11 bits per heavy atom. The first-order valence-electron chi connectivity index (χ1n) is 8.46. The lowest BCUT2D eigenvalue weighted by molar-refractivity contribution is -0.116. The molecule has 0 bridgehead atoms. The lowest BCUT2D eigenvalue weighted by atomic mass is 9.86. The quantitative estimate of drug-likeness (QED) is 0.739. The van der Waals surface area contributed by atoms with Crippen molar-refractivity contribution in [3.8, 4) is 17.2 Å². The minimum Gasteiger partial charge on any atom is -0.497 e. The third-order valence-corrected chi connectivity index (χ3v) is 4.96. The molecule has 0 radical (unpaired) electrons. The van der Waals surface area contributed by atoms with E-state index in [4.69, 9.17) is 21.1 Å². The normalized spacial score (nSPS) is 15.8. The summed E-state index contributed by atoms with van der Waals surface area (Å²) in [5.41, 5.74) is 2.64. The van der Waals surface area contributed by atoms with Gasteiger partial charge in [0.15, 0.2) is 0 Å². The molecule has 4 rings (SSSR count). The summed E-state index contributed by atoms with van der Waals surface area (Å²) in [6, 6.07) is 12.9. The lowest BCUT2D eigenvalue weighted by Crippen LogP contribution is -2.24. The SMILES string of the molecule is COc1ccc(OC)c([C@H]2CC(=O)Nc3c2cnn3-c2ccc(Cl)cc2)c1. The number of carbonyl (C=O) groups excluding carboxylic acids is 1. The number of amides is 1. The van der Waals surface area contributed by atoms with Crippen molar-refractivity contribution in [1.29, 1.82) is 0 Å². The van der Waals surface area contributed by atoms with E-state index in [0.717, 1.165) is 16.8 Å². The van der Waals surface area contributed by atoms with Crippen LogP contribution in [-0.2, 0) is 4.79 Å². The number of ether oxygens (including phenoxy) is 2. The van der Waals surface area contributed by atoms with Gasteiger partial charge in [0, 0.05) is 28.5 Å². The number of nitrogens with zero attached hydrogens (tertiary/aromatic N) is 2. The Hall–Kier alpha value is -2.99. The van der Waals surface area contributed by atoms with E-state index < -0.39 is 0 Å². The van der Waals surface area contributed by atoms with Gasteiger partial charge in [-0.25, -0.2) is 4.68 Å². The zero-order valence-corrected chi connectivity index (χ0v) is 15.7. The van der Waals surface area contributed by atoms with Gasteiger partial charge in [-0.15, -0.1) is 0 Å². The summed E-state index contributed by atoms with van der Waals surface area (Å²) < 4.78 is 12.6. The first kappa shape index (κ1) is 17.4. The van der Waals surface area contributed by atoms with Crippen molar-refractivity contribution >= 4 is 23.3 Å². The number of benzene rings is 2. The highest BCUT2D eigenvalue weighted by atomic mass is 35.5. The van der Waals surface area contributed by atoms with Crippen molar-refractivity contribution in [3.05, 3.63) is 64.8 Å². The smallest absolute Gasteiger partial charge is 0.226 e. The van der Waals surface area contributed by atoms with Gasteiger partial charge in [-0.2, -0.15) is 5.10 Å². The molecule has 3 aromatic rings. The molecule has 27 heavy (non-hydrogen) atoms. The van der Waals surface area contributed by atoms with Crippen molar-refractivity contribution in [2.45, 2.75) is 12.3 Å². The van der Waals surface area contributed by atoms with Crippen LogP contribution in [-0.4, -0.2) is 29.9 Å². The Kier molecular flexibility index (Phi) is 4.49. The molecule has 0 unspecified atom stereocenters. The van der Waals surface area contributed by atoms with Crippen molar-refractivity contribution < 1.29 is 14.3 Å². The highest BCUT2D eigenvalue weighted by Gasteiger charge is 2.32. The van der Waals surface area contributed by atoms with E-state index in [2.05, 4.69) is 10.4 Å². The van der Waals surface area contributed by atoms with Gasteiger partial charge in [0.05, 0.1) is 26.1 Å². The number of methoxy groups -OCH3 is 2. The fourth-order valence-corrected chi connectivity index (χ4v) is 3.51. The minimum atomic E-state index is -0.181. The topological polar surface area (TPSA) is 65.4 Å². The third-order valence-electron chi connectivity index (χ3n) is 4.70. The van der Waals surface area contributed by atoms with Gasteiger partial charge in [-0.1, -0.05) is 11.6 Å². The highest BCUT2D eigenvalue weighted by Crippen LogP contribution is 2.42. The summed E-state index contributed by atoms with van der Waals surface area (Å²) in [4.78, 5) is 12.5. The highest BCUT2D eigenvalue weighted by molar-refractivity contribution is 6.30. The Labute approximate surface area is 161 Å². The zero-order chi connectivity index (χ0) is 19.0. The average Bonchev–Trinajstić information content (AvgIpc) is 3.11. The first-order valence-corrected chi connectivity index (χ1v) is 8.84. The van der Waals surface area contributed by atoms with Crippen LogP contribution in [0.5, 0.6) is 11.5 Å². The Bertz CT molecular complexity index is 998. The average molecular weight is 384 g/mol. The molecule has 138 valence electrons. The number of carbonyl (C=O) groups is 1. The summed E-state index contributed by atoms with van der Waals surface area (Å²) in [5.74, 6) is 1.82. The summed E-state index contributed by atoms with van der Waals surface area (Å²) in [6.07, 6.45) is 2.09. The van der Waals surface area contributed by atoms with Crippen LogP contribution in [0.1, 0.15) is 23.5 Å². The van der Waals surface area contributed by atoms with Crippen LogP contribution in [0.25, 0.3) is 5.69 Å². The molecule has 1 N–H and O–H groups in total. The molecule has 1 aliphatic heterocycles. The Balaban J connectivity index is 1.83. The molecule has 6 nitrogen and oxygen atoms in total. The van der Waals surface area contributed by atoms with Crippen LogP contribution in [0.4, 0.5) is 5.82 Å². The third kappa shape index (κ3) is 3.13. The molecule has 2 aromatic carbocycles. The minimum absolute atomic E-state index is 0.0758. The molecule has 0 aliphatic carbocycles. The molecule has 1 aliphatic rings. The molecule has 0 saturated carbocycles. The maximum absolute atomic E-state index is 12.5. The van der Waals surface area contributed by atoms with Crippen LogP contribution in [0.2, 0.25) is 5.02 Å². The van der Waals surface area contributed by atoms with Crippen molar-refractivity contribution in [2.24, 2.45) is 0 Å². The molecule has 0 spiro atoms. The predicted molar refractivity (Wildman–Crippen MR) is 103 cm³/mol. The van der Waals surface area contributed by atoms with Gasteiger partial charge in [0.1, 0.15) is 17.3 Å². The van der Waals surface area contributed by atoms with E-state index in [1.165, 1.54) is 0 Å². The summed E-state index contributed by atoms with van der Waals surface area (Å²) in [5, 5.41) is 8.08. The second-order valence-electron chi connectivity index (χ2n) is 6.25.